The summed E-state index contributed by atoms with van der Waals surface area (Å²) in [7, 11) is 5.15. The Morgan fingerprint density at radius 2 is 1.92 bits per heavy atom. The van der Waals surface area contributed by atoms with Gasteiger partial charge in [-0.25, -0.2) is 0 Å². The number of imide groups is 1. The average Bonchev–Trinajstić information content (AvgIpc) is 2.36. The summed E-state index contributed by atoms with van der Waals surface area (Å²) in [6, 6.07) is -1.21. The van der Waals surface area contributed by atoms with Gasteiger partial charge in [-0.2, -0.15) is 0 Å². The Kier molecular flexibility index (Phi) is 2.70. The van der Waals surface area contributed by atoms with Crippen LogP contribution in [0.2, 0.25) is 6.32 Å². The summed E-state index contributed by atoms with van der Waals surface area (Å²) in [6.45, 7) is 0. The lowest BCUT2D eigenvalue weighted by molar-refractivity contribution is -0.153. The van der Waals surface area contributed by atoms with Gasteiger partial charge in [-0.1, -0.05) is 6.32 Å². The van der Waals surface area contributed by atoms with Gasteiger partial charge in [-0.15, -0.1) is 0 Å². The van der Waals surface area contributed by atoms with Crippen LogP contribution in [0.5, 0.6) is 0 Å². The van der Waals surface area contributed by atoms with Gasteiger partial charge in [0.1, 0.15) is 6.04 Å². The van der Waals surface area contributed by atoms with Crippen molar-refractivity contribution in [2.75, 3.05) is 0 Å². The number of carbonyl (C=O) groups excluding carboxylic acids is 2. The van der Waals surface area contributed by atoms with Crippen molar-refractivity contribution in [2.45, 2.75) is 25.2 Å². The van der Waals surface area contributed by atoms with E-state index in [4.69, 9.17) is 13.0 Å². The van der Waals surface area contributed by atoms with Gasteiger partial charge in [0.15, 0.2) is 0 Å². The Labute approximate surface area is 76.1 Å². The zero-order valence-corrected chi connectivity index (χ0v) is 6.90. The highest BCUT2D eigenvalue weighted by atomic mass is 16.4. The molecule has 2 radical (unpaired) electrons. The molecule has 1 fully saturated rings. The number of hydrogen-bond donors (Lipinski definition) is 1. The second-order valence-corrected chi connectivity index (χ2v) is 2.75. The van der Waals surface area contributed by atoms with Crippen molar-refractivity contribution in [2.24, 2.45) is 0 Å². The predicted molar refractivity (Wildman–Crippen MR) is 43.1 cm³/mol. The molecule has 1 heterocycles. The van der Waals surface area contributed by atoms with Gasteiger partial charge in [0.25, 0.3) is 0 Å². The molecule has 5 nitrogen and oxygen atoms in total. The number of carboxylic acids is 1. The van der Waals surface area contributed by atoms with E-state index in [1.165, 1.54) is 0 Å². The van der Waals surface area contributed by atoms with Crippen LogP contribution in [0, 0.1) is 0 Å². The predicted octanol–water partition coefficient (Wildman–Crippen LogP) is -0.825. The highest BCUT2D eigenvalue weighted by Crippen LogP contribution is 2.17. The Morgan fingerprint density at radius 1 is 1.46 bits per heavy atom. The third-order valence-corrected chi connectivity index (χ3v) is 1.91. The third kappa shape index (κ3) is 1.71. The van der Waals surface area contributed by atoms with Crippen LogP contribution in [-0.2, 0) is 14.4 Å². The Hall–Kier alpha value is -1.33. The number of amides is 2. The van der Waals surface area contributed by atoms with E-state index in [-0.39, 0.29) is 19.2 Å². The monoisotopic (exact) mass is 181 g/mol. The number of carbonyl (C=O) groups is 3. The minimum Gasteiger partial charge on any atom is -0.480 e. The number of hydrogen-bond acceptors (Lipinski definition) is 3. The van der Waals surface area contributed by atoms with Crippen LogP contribution in [0.1, 0.15) is 12.8 Å². The molecule has 0 aromatic rings. The van der Waals surface area contributed by atoms with E-state index in [1.54, 1.807) is 0 Å². The fourth-order valence-electron chi connectivity index (χ4n) is 1.26. The summed E-state index contributed by atoms with van der Waals surface area (Å²) >= 11 is 0. The molecule has 1 unspecified atom stereocenters. The number of nitrogens with zero attached hydrogens (tertiary/aromatic N) is 1. The van der Waals surface area contributed by atoms with Crippen LogP contribution in [0.25, 0.3) is 0 Å². The Bertz CT molecular complexity index is 249. The van der Waals surface area contributed by atoms with Crippen LogP contribution >= 0.6 is 0 Å². The summed E-state index contributed by atoms with van der Waals surface area (Å²) in [4.78, 5) is 33.5. The number of likely N-dealkylation sites (tertiary alicyclic amines) is 1. The molecular formula is C7H8BNO4. The van der Waals surface area contributed by atoms with Crippen molar-refractivity contribution in [3.63, 3.8) is 0 Å². The largest absolute Gasteiger partial charge is 0.480 e. The van der Waals surface area contributed by atoms with E-state index in [9.17, 15) is 14.4 Å². The van der Waals surface area contributed by atoms with Crippen molar-refractivity contribution in [1.82, 2.24) is 4.90 Å². The zero-order chi connectivity index (χ0) is 10.0. The topological polar surface area (TPSA) is 74.7 Å². The maximum absolute atomic E-state index is 11.1. The number of rotatable bonds is 3. The van der Waals surface area contributed by atoms with Crippen LogP contribution in [0.15, 0.2) is 0 Å². The molecule has 1 N–H and O–H groups in total. The maximum Gasteiger partial charge on any atom is 0.326 e. The lowest BCUT2D eigenvalue weighted by Crippen LogP contribution is -2.44. The normalized spacial score (nSPS) is 19.2. The molecule has 0 aliphatic carbocycles. The molecule has 6 heteroatoms. The second kappa shape index (κ2) is 3.59. The molecule has 1 atom stereocenters. The third-order valence-electron chi connectivity index (χ3n) is 1.91. The molecule has 0 spiro atoms. The number of aliphatic carboxylic acids is 1. The summed E-state index contributed by atoms with van der Waals surface area (Å²) in [6.07, 6.45) is -0.0714. The van der Waals surface area contributed by atoms with Crippen molar-refractivity contribution in [3.05, 3.63) is 0 Å². The molecule has 1 rings (SSSR count). The van der Waals surface area contributed by atoms with Crippen LogP contribution in [0.4, 0.5) is 0 Å². The van der Waals surface area contributed by atoms with Gasteiger partial charge >= 0.3 is 5.97 Å². The molecule has 0 saturated carbocycles. The SMILES string of the molecule is [B]CC(C(=O)O)N1C(=O)CCC1=O. The van der Waals surface area contributed by atoms with E-state index in [2.05, 4.69) is 0 Å². The van der Waals surface area contributed by atoms with Gasteiger partial charge in [-0.3, -0.25) is 19.3 Å². The molecule has 2 amide bonds. The number of carboxylic acid groups (broad SMARTS) is 1. The van der Waals surface area contributed by atoms with E-state index in [0.717, 1.165) is 4.90 Å². The zero-order valence-electron chi connectivity index (χ0n) is 6.90. The van der Waals surface area contributed by atoms with Gasteiger partial charge < -0.3 is 5.11 Å². The van der Waals surface area contributed by atoms with Gasteiger partial charge in [0.05, 0.1) is 7.85 Å². The van der Waals surface area contributed by atoms with Crippen LogP contribution in [-0.4, -0.2) is 41.7 Å². The van der Waals surface area contributed by atoms with Crippen LogP contribution in [0.3, 0.4) is 0 Å². The molecule has 1 saturated heterocycles. The van der Waals surface area contributed by atoms with E-state index in [0.29, 0.717) is 0 Å². The first-order chi connectivity index (χ1) is 6.07. The molecular weight excluding hydrogens is 173 g/mol. The second-order valence-electron chi connectivity index (χ2n) is 2.75. The van der Waals surface area contributed by atoms with E-state index < -0.39 is 23.8 Å². The summed E-state index contributed by atoms with van der Waals surface area (Å²) < 4.78 is 0. The maximum atomic E-state index is 11.1. The van der Waals surface area contributed by atoms with E-state index in [1.807, 2.05) is 0 Å². The van der Waals surface area contributed by atoms with Gasteiger partial charge in [0, 0.05) is 12.8 Å². The lowest BCUT2D eigenvalue weighted by Gasteiger charge is -2.20. The standard InChI is InChI=1S/C7H8BNO4/c8-3-4(7(12)13)9-5(10)1-2-6(9)11/h4H,1-3H2,(H,12,13). The molecule has 1 aliphatic rings. The molecule has 0 aromatic heterocycles. The summed E-state index contributed by atoms with van der Waals surface area (Å²) in [5.74, 6) is -2.16. The van der Waals surface area contributed by atoms with Crippen molar-refractivity contribution in [1.29, 1.82) is 0 Å². The quantitative estimate of drug-likeness (QED) is 0.455. The van der Waals surface area contributed by atoms with Gasteiger partial charge in [0.2, 0.25) is 11.8 Å². The fourth-order valence-corrected chi connectivity index (χ4v) is 1.26. The fraction of sp³-hybridized carbons (Fsp3) is 0.571. The minimum absolute atomic E-state index is 0.0859. The minimum atomic E-state index is -1.24. The highest BCUT2D eigenvalue weighted by molar-refractivity contribution is 6.13. The van der Waals surface area contributed by atoms with Crippen molar-refractivity contribution < 1.29 is 19.5 Å². The van der Waals surface area contributed by atoms with Crippen LogP contribution < -0.4 is 0 Å². The first-order valence-electron chi connectivity index (χ1n) is 3.85. The first kappa shape index (κ1) is 9.76. The smallest absolute Gasteiger partial charge is 0.326 e. The average molecular weight is 181 g/mol. The Morgan fingerprint density at radius 3 is 2.23 bits per heavy atom. The molecule has 68 valence electrons. The summed E-state index contributed by atoms with van der Waals surface area (Å²) in [5.41, 5.74) is 0. The van der Waals surface area contributed by atoms with E-state index >= 15 is 0 Å². The summed E-state index contributed by atoms with van der Waals surface area (Å²) in [5, 5.41) is 8.64. The van der Waals surface area contributed by atoms with Gasteiger partial charge in [-0.05, 0) is 0 Å². The van der Waals surface area contributed by atoms with Crippen molar-refractivity contribution in [3.8, 4) is 0 Å². The highest BCUT2D eigenvalue weighted by Gasteiger charge is 2.37. The Balaban J connectivity index is 2.84. The first-order valence-corrected chi connectivity index (χ1v) is 3.85. The lowest BCUT2D eigenvalue weighted by atomic mass is 9.96. The molecule has 0 aromatic carbocycles. The molecule has 13 heavy (non-hydrogen) atoms. The van der Waals surface area contributed by atoms with Crippen molar-refractivity contribution >= 4 is 25.6 Å². The molecule has 0 bridgehead atoms. The molecule has 1 aliphatic heterocycles.